The van der Waals surface area contributed by atoms with Gasteiger partial charge in [-0.3, -0.25) is 9.67 Å². The topological polar surface area (TPSA) is 61.2 Å². The lowest BCUT2D eigenvalue weighted by atomic mass is 10.2. The SMILES string of the molecule is COc1ccnc(CNCc2cnn(C)c2C)c1OC. The van der Waals surface area contributed by atoms with Crippen molar-refractivity contribution < 1.29 is 9.47 Å². The van der Waals surface area contributed by atoms with Gasteiger partial charge in [0.05, 0.1) is 26.1 Å². The van der Waals surface area contributed by atoms with Gasteiger partial charge in [0.2, 0.25) is 0 Å². The third kappa shape index (κ3) is 2.91. The molecule has 0 aromatic carbocycles. The van der Waals surface area contributed by atoms with E-state index in [4.69, 9.17) is 9.47 Å². The highest BCUT2D eigenvalue weighted by Gasteiger charge is 2.11. The zero-order valence-electron chi connectivity index (χ0n) is 12.3. The molecule has 0 radical (unpaired) electrons. The lowest BCUT2D eigenvalue weighted by Gasteiger charge is -2.12. The molecule has 108 valence electrons. The van der Waals surface area contributed by atoms with E-state index in [0.29, 0.717) is 18.0 Å². The Kier molecular flexibility index (Phi) is 4.57. The molecule has 0 atom stereocenters. The van der Waals surface area contributed by atoms with E-state index >= 15 is 0 Å². The summed E-state index contributed by atoms with van der Waals surface area (Å²) in [6.07, 6.45) is 3.59. The number of pyridine rings is 1. The summed E-state index contributed by atoms with van der Waals surface area (Å²) in [5.74, 6) is 1.36. The van der Waals surface area contributed by atoms with Crippen molar-refractivity contribution in [3.8, 4) is 11.5 Å². The van der Waals surface area contributed by atoms with Crippen LogP contribution >= 0.6 is 0 Å². The lowest BCUT2D eigenvalue weighted by molar-refractivity contribution is 0.348. The van der Waals surface area contributed by atoms with E-state index in [0.717, 1.165) is 17.9 Å². The number of nitrogens with zero attached hydrogens (tertiary/aromatic N) is 3. The van der Waals surface area contributed by atoms with Crippen LogP contribution in [-0.4, -0.2) is 29.0 Å². The van der Waals surface area contributed by atoms with Gasteiger partial charge in [-0.25, -0.2) is 0 Å². The molecule has 0 spiro atoms. The van der Waals surface area contributed by atoms with Crippen molar-refractivity contribution in [1.82, 2.24) is 20.1 Å². The molecular weight excluding hydrogens is 256 g/mol. The molecule has 2 rings (SSSR count). The molecule has 6 nitrogen and oxygen atoms in total. The average molecular weight is 276 g/mol. The van der Waals surface area contributed by atoms with Gasteiger partial charge in [-0.1, -0.05) is 0 Å². The van der Waals surface area contributed by atoms with Crippen molar-refractivity contribution in [2.75, 3.05) is 14.2 Å². The maximum absolute atomic E-state index is 5.35. The molecule has 20 heavy (non-hydrogen) atoms. The summed E-state index contributed by atoms with van der Waals surface area (Å²) in [5, 5.41) is 7.57. The van der Waals surface area contributed by atoms with Crippen LogP contribution in [0.4, 0.5) is 0 Å². The van der Waals surface area contributed by atoms with Crippen LogP contribution in [-0.2, 0) is 20.1 Å². The van der Waals surface area contributed by atoms with Crippen LogP contribution in [0.25, 0.3) is 0 Å². The van der Waals surface area contributed by atoms with Gasteiger partial charge in [0, 0.05) is 43.7 Å². The van der Waals surface area contributed by atoms with Crippen molar-refractivity contribution in [1.29, 1.82) is 0 Å². The zero-order chi connectivity index (χ0) is 14.5. The smallest absolute Gasteiger partial charge is 0.183 e. The highest BCUT2D eigenvalue weighted by Crippen LogP contribution is 2.28. The van der Waals surface area contributed by atoms with Gasteiger partial charge >= 0.3 is 0 Å². The summed E-state index contributed by atoms with van der Waals surface area (Å²) in [7, 11) is 5.17. The first kappa shape index (κ1) is 14.3. The molecule has 2 aromatic rings. The minimum absolute atomic E-state index is 0.606. The Morgan fingerprint density at radius 1 is 1.25 bits per heavy atom. The molecule has 0 aliphatic heterocycles. The molecule has 6 heteroatoms. The van der Waals surface area contributed by atoms with Crippen LogP contribution in [0.2, 0.25) is 0 Å². The Balaban J connectivity index is 2.02. The first-order chi connectivity index (χ1) is 9.67. The van der Waals surface area contributed by atoms with Gasteiger partial charge in [0.25, 0.3) is 0 Å². The minimum Gasteiger partial charge on any atom is -0.493 e. The second kappa shape index (κ2) is 6.38. The largest absolute Gasteiger partial charge is 0.493 e. The molecule has 2 heterocycles. The molecular formula is C14H20N4O2. The number of ether oxygens (including phenoxy) is 2. The highest BCUT2D eigenvalue weighted by atomic mass is 16.5. The highest BCUT2D eigenvalue weighted by molar-refractivity contribution is 5.42. The molecule has 0 amide bonds. The maximum atomic E-state index is 5.35. The van der Waals surface area contributed by atoms with Gasteiger partial charge < -0.3 is 14.8 Å². The van der Waals surface area contributed by atoms with Crippen molar-refractivity contribution in [2.45, 2.75) is 20.0 Å². The normalized spacial score (nSPS) is 10.6. The summed E-state index contributed by atoms with van der Waals surface area (Å²) < 4.78 is 12.5. The van der Waals surface area contributed by atoms with Crippen molar-refractivity contribution in [2.24, 2.45) is 7.05 Å². The molecule has 0 saturated heterocycles. The Hall–Kier alpha value is -2.08. The lowest BCUT2D eigenvalue weighted by Crippen LogP contribution is -2.15. The molecule has 0 bridgehead atoms. The monoisotopic (exact) mass is 276 g/mol. The number of hydrogen-bond acceptors (Lipinski definition) is 5. The molecule has 2 aromatic heterocycles. The number of aryl methyl sites for hydroxylation is 1. The number of rotatable bonds is 6. The van der Waals surface area contributed by atoms with Crippen LogP contribution < -0.4 is 14.8 Å². The van der Waals surface area contributed by atoms with Gasteiger partial charge in [-0.2, -0.15) is 5.10 Å². The van der Waals surface area contributed by atoms with Crippen LogP contribution in [0.1, 0.15) is 17.0 Å². The van der Waals surface area contributed by atoms with Crippen molar-refractivity contribution in [3.05, 3.63) is 35.4 Å². The third-order valence-corrected chi connectivity index (χ3v) is 3.31. The maximum Gasteiger partial charge on any atom is 0.183 e. The van der Waals surface area contributed by atoms with E-state index in [1.54, 1.807) is 26.5 Å². The molecule has 1 N–H and O–H groups in total. The quantitative estimate of drug-likeness (QED) is 0.865. The fourth-order valence-electron chi connectivity index (χ4n) is 2.01. The van der Waals surface area contributed by atoms with Gasteiger partial charge in [-0.05, 0) is 6.92 Å². The van der Waals surface area contributed by atoms with Crippen LogP contribution in [0.15, 0.2) is 18.5 Å². The number of hydrogen-bond donors (Lipinski definition) is 1. The molecule has 0 aliphatic carbocycles. The summed E-state index contributed by atoms with van der Waals surface area (Å²) in [5.41, 5.74) is 3.16. The van der Waals surface area contributed by atoms with E-state index in [1.165, 1.54) is 5.56 Å². The van der Waals surface area contributed by atoms with E-state index < -0.39 is 0 Å². The Morgan fingerprint density at radius 2 is 2.05 bits per heavy atom. The van der Waals surface area contributed by atoms with Gasteiger partial charge in [0.15, 0.2) is 11.5 Å². The van der Waals surface area contributed by atoms with Crippen LogP contribution in [0, 0.1) is 6.92 Å². The summed E-state index contributed by atoms with van der Waals surface area (Å²) >= 11 is 0. The van der Waals surface area contributed by atoms with Gasteiger partial charge in [-0.15, -0.1) is 0 Å². The standard InChI is InChI=1S/C14H20N4O2/c1-10-11(8-17-18(10)2)7-15-9-12-14(20-4)13(19-3)5-6-16-12/h5-6,8,15H,7,9H2,1-4H3. The molecule has 0 saturated carbocycles. The fraction of sp³-hybridized carbons (Fsp3) is 0.429. The second-order valence-electron chi connectivity index (χ2n) is 4.48. The van der Waals surface area contributed by atoms with E-state index in [1.807, 2.05) is 24.9 Å². The molecule has 0 aliphatic rings. The minimum atomic E-state index is 0.606. The Morgan fingerprint density at radius 3 is 2.65 bits per heavy atom. The van der Waals surface area contributed by atoms with Crippen molar-refractivity contribution in [3.63, 3.8) is 0 Å². The summed E-state index contributed by atoms with van der Waals surface area (Å²) in [6.45, 7) is 3.39. The van der Waals surface area contributed by atoms with Crippen molar-refractivity contribution >= 4 is 0 Å². The first-order valence-corrected chi connectivity index (χ1v) is 6.41. The van der Waals surface area contributed by atoms with Crippen LogP contribution in [0.5, 0.6) is 11.5 Å². The Labute approximate surface area is 118 Å². The molecule has 0 fully saturated rings. The average Bonchev–Trinajstić information content (AvgIpc) is 2.79. The van der Waals surface area contributed by atoms with E-state index in [2.05, 4.69) is 15.4 Å². The van der Waals surface area contributed by atoms with E-state index in [-0.39, 0.29) is 0 Å². The number of nitrogens with one attached hydrogen (secondary N) is 1. The zero-order valence-corrected chi connectivity index (χ0v) is 12.3. The van der Waals surface area contributed by atoms with Gasteiger partial charge in [0.1, 0.15) is 0 Å². The van der Waals surface area contributed by atoms with E-state index in [9.17, 15) is 0 Å². The molecule has 0 unspecified atom stereocenters. The number of aromatic nitrogens is 3. The number of methoxy groups -OCH3 is 2. The third-order valence-electron chi connectivity index (χ3n) is 3.31. The fourth-order valence-corrected chi connectivity index (χ4v) is 2.01. The summed E-state index contributed by atoms with van der Waals surface area (Å²) in [4.78, 5) is 4.33. The summed E-state index contributed by atoms with van der Waals surface area (Å²) in [6, 6.07) is 1.79. The second-order valence-corrected chi connectivity index (χ2v) is 4.48. The Bertz CT molecular complexity index is 581. The van der Waals surface area contributed by atoms with Crippen LogP contribution in [0.3, 0.4) is 0 Å². The first-order valence-electron chi connectivity index (χ1n) is 6.41. The predicted octanol–water partition coefficient (Wildman–Crippen LogP) is 1.43. The predicted molar refractivity (Wildman–Crippen MR) is 75.8 cm³/mol.